The fourth-order valence-corrected chi connectivity index (χ4v) is 2.85. The Labute approximate surface area is 135 Å². The number of H-pyrrole nitrogens is 1. The van der Waals surface area contributed by atoms with Gasteiger partial charge in [0.05, 0.1) is 11.3 Å². The summed E-state index contributed by atoms with van der Waals surface area (Å²) in [7, 11) is 0. The summed E-state index contributed by atoms with van der Waals surface area (Å²) in [5.41, 5.74) is 3.37. The monoisotopic (exact) mass is 362 g/mol. The number of aromatic hydroxyl groups is 1. The van der Waals surface area contributed by atoms with E-state index in [2.05, 4.69) is 25.9 Å². The van der Waals surface area contributed by atoms with Crippen LogP contribution in [0, 0.1) is 6.92 Å². The molecule has 0 fully saturated rings. The SMILES string of the molecule is Cc1cc(Br)ccc1N=Cc1c(O)[nH]c2ccc(Cl)cc12. The van der Waals surface area contributed by atoms with Gasteiger partial charge in [0.2, 0.25) is 0 Å². The third-order valence-corrected chi connectivity index (χ3v) is 4.00. The molecule has 0 unspecified atom stereocenters. The summed E-state index contributed by atoms with van der Waals surface area (Å²) in [6.07, 6.45) is 1.65. The number of halogens is 2. The van der Waals surface area contributed by atoms with Gasteiger partial charge in [0.1, 0.15) is 0 Å². The highest BCUT2D eigenvalue weighted by molar-refractivity contribution is 9.10. The number of rotatable bonds is 2. The van der Waals surface area contributed by atoms with Crippen LogP contribution in [0.15, 0.2) is 45.9 Å². The Morgan fingerprint density at radius 3 is 2.81 bits per heavy atom. The van der Waals surface area contributed by atoms with Gasteiger partial charge in [-0.15, -0.1) is 0 Å². The Kier molecular flexibility index (Phi) is 3.74. The van der Waals surface area contributed by atoms with Crippen LogP contribution in [-0.4, -0.2) is 16.3 Å². The molecule has 0 bridgehead atoms. The molecule has 0 amide bonds. The summed E-state index contributed by atoms with van der Waals surface area (Å²) >= 11 is 9.44. The second-order valence-corrected chi connectivity index (χ2v) is 6.12. The maximum atomic E-state index is 10.0. The Bertz CT molecular complexity index is 855. The summed E-state index contributed by atoms with van der Waals surface area (Å²) in [6.45, 7) is 1.99. The van der Waals surface area contributed by atoms with E-state index in [1.54, 1.807) is 12.3 Å². The average molecular weight is 364 g/mol. The van der Waals surface area contributed by atoms with Gasteiger partial charge in [0.15, 0.2) is 5.88 Å². The van der Waals surface area contributed by atoms with Crippen LogP contribution in [-0.2, 0) is 0 Å². The lowest BCUT2D eigenvalue weighted by Crippen LogP contribution is -1.81. The second kappa shape index (κ2) is 5.54. The van der Waals surface area contributed by atoms with E-state index in [0.717, 1.165) is 26.6 Å². The van der Waals surface area contributed by atoms with Crippen molar-refractivity contribution < 1.29 is 5.11 Å². The molecule has 0 atom stereocenters. The Balaban J connectivity index is 2.06. The van der Waals surface area contributed by atoms with Crippen molar-refractivity contribution >= 4 is 50.3 Å². The summed E-state index contributed by atoms with van der Waals surface area (Å²) in [6, 6.07) is 11.3. The molecule has 1 heterocycles. The minimum absolute atomic E-state index is 0.0887. The number of nitrogens with zero attached hydrogens (tertiary/aromatic N) is 1. The van der Waals surface area contributed by atoms with Gasteiger partial charge in [0, 0.05) is 26.6 Å². The van der Waals surface area contributed by atoms with Crippen molar-refractivity contribution in [1.82, 2.24) is 4.98 Å². The highest BCUT2D eigenvalue weighted by Crippen LogP contribution is 2.29. The molecule has 5 heteroatoms. The summed E-state index contributed by atoms with van der Waals surface area (Å²) in [4.78, 5) is 7.37. The van der Waals surface area contributed by atoms with Gasteiger partial charge in [-0.2, -0.15) is 0 Å². The minimum Gasteiger partial charge on any atom is -0.494 e. The molecule has 0 spiro atoms. The molecule has 0 aliphatic heterocycles. The van der Waals surface area contributed by atoms with E-state index in [4.69, 9.17) is 11.6 Å². The molecule has 1 aromatic heterocycles. The Morgan fingerprint density at radius 1 is 1.24 bits per heavy atom. The van der Waals surface area contributed by atoms with E-state index in [-0.39, 0.29) is 5.88 Å². The minimum atomic E-state index is 0.0887. The fraction of sp³-hybridized carbons (Fsp3) is 0.0625. The molecule has 0 aliphatic rings. The molecule has 3 nitrogen and oxygen atoms in total. The number of hydrogen-bond donors (Lipinski definition) is 2. The molecule has 3 aromatic rings. The third-order valence-electron chi connectivity index (χ3n) is 3.27. The zero-order valence-corrected chi connectivity index (χ0v) is 13.5. The highest BCUT2D eigenvalue weighted by atomic mass is 79.9. The van der Waals surface area contributed by atoms with Crippen LogP contribution in [0.5, 0.6) is 5.88 Å². The standard InChI is InChI=1S/C16H12BrClN2O/c1-9-6-10(17)2-4-14(9)19-8-13-12-7-11(18)3-5-15(12)20-16(13)21/h2-8,20-21H,1H3. The predicted molar refractivity (Wildman–Crippen MR) is 91.1 cm³/mol. The number of fused-ring (bicyclic) bond motifs is 1. The van der Waals surface area contributed by atoms with Crippen molar-refractivity contribution in [3.8, 4) is 5.88 Å². The fourth-order valence-electron chi connectivity index (χ4n) is 2.20. The molecule has 3 rings (SSSR count). The molecular formula is C16H12BrClN2O. The van der Waals surface area contributed by atoms with Crippen molar-refractivity contribution in [1.29, 1.82) is 0 Å². The zero-order valence-electron chi connectivity index (χ0n) is 11.2. The molecule has 0 radical (unpaired) electrons. The number of aliphatic imine (C=N–C) groups is 1. The van der Waals surface area contributed by atoms with Gasteiger partial charge in [-0.3, -0.25) is 4.99 Å². The van der Waals surface area contributed by atoms with Gasteiger partial charge >= 0.3 is 0 Å². The lowest BCUT2D eigenvalue weighted by atomic mass is 10.2. The first-order valence-electron chi connectivity index (χ1n) is 6.35. The lowest BCUT2D eigenvalue weighted by molar-refractivity contribution is 0.457. The van der Waals surface area contributed by atoms with Crippen molar-refractivity contribution in [2.45, 2.75) is 6.92 Å². The van der Waals surface area contributed by atoms with Crippen LogP contribution in [0.3, 0.4) is 0 Å². The predicted octanol–water partition coefficient (Wildman–Crippen LogP) is 5.35. The molecule has 2 N–H and O–H groups in total. The van der Waals surface area contributed by atoms with Crippen molar-refractivity contribution in [3.63, 3.8) is 0 Å². The third kappa shape index (κ3) is 2.82. The number of benzene rings is 2. The van der Waals surface area contributed by atoms with Crippen LogP contribution in [0.25, 0.3) is 10.9 Å². The molecule has 2 aromatic carbocycles. The van der Waals surface area contributed by atoms with E-state index in [1.807, 2.05) is 37.3 Å². The molecule has 106 valence electrons. The van der Waals surface area contributed by atoms with Crippen LogP contribution in [0.4, 0.5) is 5.69 Å². The van der Waals surface area contributed by atoms with E-state index in [9.17, 15) is 5.11 Å². The Morgan fingerprint density at radius 2 is 2.05 bits per heavy atom. The molecular weight excluding hydrogens is 352 g/mol. The number of aromatic amines is 1. The molecule has 0 saturated heterocycles. The zero-order chi connectivity index (χ0) is 15.0. The van der Waals surface area contributed by atoms with E-state index < -0.39 is 0 Å². The van der Waals surface area contributed by atoms with E-state index >= 15 is 0 Å². The average Bonchev–Trinajstić information content (AvgIpc) is 2.73. The first-order valence-corrected chi connectivity index (χ1v) is 7.52. The first kappa shape index (κ1) is 14.2. The van der Waals surface area contributed by atoms with Crippen molar-refractivity contribution in [2.75, 3.05) is 0 Å². The largest absolute Gasteiger partial charge is 0.494 e. The van der Waals surface area contributed by atoms with Gasteiger partial charge in [-0.05, 0) is 48.9 Å². The number of hydrogen-bond acceptors (Lipinski definition) is 2. The van der Waals surface area contributed by atoms with Crippen LogP contribution >= 0.6 is 27.5 Å². The number of aryl methyl sites for hydroxylation is 1. The van der Waals surface area contributed by atoms with Crippen LogP contribution in [0.1, 0.15) is 11.1 Å². The van der Waals surface area contributed by atoms with Crippen molar-refractivity contribution in [3.05, 3.63) is 57.0 Å². The second-order valence-electron chi connectivity index (χ2n) is 4.77. The number of nitrogens with one attached hydrogen (secondary N) is 1. The maximum absolute atomic E-state index is 10.0. The topological polar surface area (TPSA) is 48.4 Å². The summed E-state index contributed by atoms with van der Waals surface area (Å²) in [5, 5.41) is 11.5. The van der Waals surface area contributed by atoms with E-state index in [0.29, 0.717) is 10.6 Å². The van der Waals surface area contributed by atoms with E-state index in [1.165, 1.54) is 0 Å². The smallest absolute Gasteiger partial charge is 0.198 e. The summed E-state index contributed by atoms with van der Waals surface area (Å²) in [5.74, 6) is 0.0887. The van der Waals surface area contributed by atoms with Crippen LogP contribution in [0.2, 0.25) is 5.02 Å². The van der Waals surface area contributed by atoms with Gasteiger partial charge < -0.3 is 10.1 Å². The quantitative estimate of drug-likeness (QED) is 0.592. The van der Waals surface area contributed by atoms with Gasteiger partial charge in [-0.25, -0.2) is 0 Å². The first-order chi connectivity index (χ1) is 10.0. The molecule has 0 aliphatic carbocycles. The van der Waals surface area contributed by atoms with Gasteiger partial charge in [0.25, 0.3) is 0 Å². The van der Waals surface area contributed by atoms with Crippen molar-refractivity contribution in [2.24, 2.45) is 4.99 Å². The lowest BCUT2D eigenvalue weighted by Gasteiger charge is -2.00. The highest BCUT2D eigenvalue weighted by Gasteiger charge is 2.09. The summed E-state index contributed by atoms with van der Waals surface area (Å²) < 4.78 is 1.01. The number of aromatic nitrogens is 1. The Hall–Kier alpha value is -1.78. The van der Waals surface area contributed by atoms with Crippen LogP contribution < -0.4 is 0 Å². The molecule has 0 saturated carbocycles. The maximum Gasteiger partial charge on any atom is 0.198 e. The van der Waals surface area contributed by atoms with Gasteiger partial charge in [-0.1, -0.05) is 27.5 Å². The normalized spacial score (nSPS) is 11.6. The molecule has 21 heavy (non-hydrogen) atoms.